The van der Waals surface area contributed by atoms with Crippen LogP contribution >= 0.6 is 27.7 Å². The van der Waals surface area contributed by atoms with Crippen LogP contribution in [0.1, 0.15) is 6.92 Å². The predicted molar refractivity (Wildman–Crippen MR) is 85.1 cm³/mol. The molecule has 2 N–H and O–H groups in total. The fourth-order valence-electron chi connectivity index (χ4n) is 1.88. The Morgan fingerprint density at radius 2 is 2.30 bits per heavy atom. The second kappa shape index (κ2) is 8.02. The van der Waals surface area contributed by atoms with Crippen LogP contribution < -0.4 is 10.6 Å². The third-order valence-corrected chi connectivity index (χ3v) is 4.58. The van der Waals surface area contributed by atoms with E-state index in [0.717, 1.165) is 11.0 Å². The highest BCUT2D eigenvalue weighted by atomic mass is 79.9. The van der Waals surface area contributed by atoms with Crippen molar-refractivity contribution in [1.82, 2.24) is 10.6 Å². The zero-order valence-corrected chi connectivity index (χ0v) is 13.8. The molecule has 2 atom stereocenters. The van der Waals surface area contributed by atoms with Gasteiger partial charge in [0.15, 0.2) is 0 Å². The van der Waals surface area contributed by atoms with Crippen molar-refractivity contribution in [2.24, 2.45) is 0 Å². The average molecular weight is 359 g/mol. The van der Waals surface area contributed by atoms with E-state index in [4.69, 9.17) is 4.74 Å². The Morgan fingerprint density at radius 3 is 2.95 bits per heavy atom. The number of carbonyl (C=O) groups excluding carboxylic acids is 1. The van der Waals surface area contributed by atoms with Crippen molar-refractivity contribution in [2.75, 3.05) is 26.2 Å². The zero-order chi connectivity index (χ0) is 14.4. The Hall–Kier alpha value is -0.560. The van der Waals surface area contributed by atoms with Gasteiger partial charge in [0.25, 0.3) is 5.91 Å². The van der Waals surface area contributed by atoms with Crippen molar-refractivity contribution in [1.29, 1.82) is 0 Å². The zero-order valence-electron chi connectivity index (χ0n) is 11.4. The monoisotopic (exact) mass is 358 g/mol. The van der Waals surface area contributed by atoms with E-state index < -0.39 is 0 Å². The lowest BCUT2D eigenvalue weighted by molar-refractivity contribution is -0.134. The van der Waals surface area contributed by atoms with Crippen molar-refractivity contribution in [3.8, 4) is 0 Å². The first kappa shape index (κ1) is 15.8. The standard InChI is InChI=1S/C14H19BrN2O2S/c1-10(20-12-4-2-11(15)3-5-12)8-17-14(18)13-9-16-6-7-19-13/h2-5,10,13,16H,6-9H2,1H3,(H,17,18). The molecule has 1 aromatic rings. The SMILES string of the molecule is CC(CNC(=O)C1CNCCO1)Sc1ccc(Br)cc1. The first-order valence-electron chi connectivity index (χ1n) is 6.67. The number of morpholine rings is 1. The number of rotatable bonds is 5. The van der Waals surface area contributed by atoms with Crippen molar-refractivity contribution in [3.05, 3.63) is 28.7 Å². The largest absolute Gasteiger partial charge is 0.366 e. The van der Waals surface area contributed by atoms with E-state index in [9.17, 15) is 4.79 Å². The van der Waals surface area contributed by atoms with Crippen LogP contribution in [0.2, 0.25) is 0 Å². The minimum Gasteiger partial charge on any atom is -0.366 e. The lowest BCUT2D eigenvalue weighted by Crippen LogP contribution is -2.48. The molecule has 1 aliphatic heterocycles. The highest BCUT2D eigenvalue weighted by molar-refractivity contribution is 9.10. The van der Waals surface area contributed by atoms with Gasteiger partial charge in [-0.25, -0.2) is 0 Å². The maximum Gasteiger partial charge on any atom is 0.250 e. The van der Waals surface area contributed by atoms with E-state index in [2.05, 4.69) is 45.6 Å². The van der Waals surface area contributed by atoms with Crippen LogP contribution in [0.4, 0.5) is 0 Å². The summed E-state index contributed by atoms with van der Waals surface area (Å²) >= 11 is 5.17. The summed E-state index contributed by atoms with van der Waals surface area (Å²) in [5, 5.41) is 6.42. The molecular formula is C14H19BrN2O2S. The normalized spacial score (nSPS) is 20.4. The molecule has 1 saturated heterocycles. The van der Waals surface area contributed by atoms with E-state index >= 15 is 0 Å². The molecule has 6 heteroatoms. The lowest BCUT2D eigenvalue weighted by atomic mass is 10.3. The van der Waals surface area contributed by atoms with Crippen molar-refractivity contribution < 1.29 is 9.53 Å². The Labute approximate surface area is 132 Å². The van der Waals surface area contributed by atoms with Gasteiger partial charge in [-0.1, -0.05) is 22.9 Å². The number of amides is 1. The van der Waals surface area contributed by atoms with Gasteiger partial charge in [0.2, 0.25) is 0 Å². The van der Waals surface area contributed by atoms with Gasteiger partial charge in [-0.2, -0.15) is 0 Å². The molecule has 2 rings (SSSR count). The second-order valence-electron chi connectivity index (χ2n) is 4.69. The van der Waals surface area contributed by atoms with E-state index in [-0.39, 0.29) is 12.0 Å². The molecule has 110 valence electrons. The van der Waals surface area contributed by atoms with Crippen LogP contribution in [-0.4, -0.2) is 43.5 Å². The summed E-state index contributed by atoms with van der Waals surface area (Å²) in [7, 11) is 0. The summed E-state index contributed by atoms with van der Waals surface area (Å²) in [6.45, 7) is 4.76. The van der Waals surface area contributed by atoms with Gasteiger partial charge in [0.05, 0.1) is 6.61 Å². The van der Waals surface area contributed by atoms with Crippen molar-refractivity contribution in [2.45, 2.75) is 23.2 Å². The molecule has 0 radical (unpaired) electrons. The average Bonchev–Trinajstić information content (AvgIpc) is 2.48. The Bertz CT molecular complexity index is 435. The first-order valence-corrected chi connectivity index (χ1v) is 8.34. The van der Waals surface area contributed by atoms with Crippen LogP contribution in [0.3, 0.4) is 0 Å². The van der Waals surface area contributed by atoms with Gasteiger partial charge in [-0.05, 0) is 24.3 Å². The molecule has 1 amide bonds. The Kier molecular flexibility index (Phi) is 6.35. The fraction of sp³-hybridized carbons (Fsp3) is 0.500. The minimum atomic E-state index is -0.353. The molecule has 1 aromatic carbocycles. The maximum atomic E-state index is 11.9. The highest BCUT2D eigenvalue weighted by Gasteiger charge is 2.21. The molecule has 0 bridgehead atoms. The van der Waals surface area contributed by atoms with Gasteiger partial charge in [0, 0.05) is 34.3 Å². The quantitative estimate of drug-likeness (QED) is 0.790. The van der Waals surface area contributed by atoms with E-state index in [1.54, 1.807) is 11.8 Å². The minimum absolute atomic E-state index is 0.0274. The number of halogens is 1. The first-order chi connectivity index (χ1) is 9.65. The van der Waals surface area contributed by atoms with E-state index in [1.807, 2.05) is 12.1 Å². The van der Waals surface area contributed by atoms with Gasteiger partial charge in [-0.3, -0.25) is 4.79 Å². The molecule has 20 heavy (non-hydrogen) atoms. The lowest BCUT2D eigenvalue weighted by Gasteiger charge is -2.23. The Morgan fingerprint density at radius 1 is 1.55 bits per heavy atom. The molecule has 4 nitrogen and oxygen atoms in total. The fourth-order valence-corrected chi connectivity index (χ4v) is 3.07. The third kappa shape index (κ3) is 5.09. The third-order valence-electron chi connectivity index (χ3n) is 2.93. The number of benzene rings is 1. The summed E-state index contributed by atoms with van der Waals surface area (Å²) in [5.41, 5.74) is 0. The summed E-state index contributed by atoms with van der Waals surface area (Å²) in [6.07, 6.45) is -0.353. The van der Waals surface area contributed by atoms with Crippen LogP contribution in [0.15, 0.2) is 33.6 Å². The van der Waals surface area contributed by atoms with E-state index in [1.165, 1.54) is 4.90 Å². The summed E-state index contributed by atoms with van der Waals surface area (Å²) in [4.78, 5) is 13.1. The molecule has 1 fully saturated rings. The summed E-state index contributed by atoms with van der Waals surface area (Å²) in [5.74, 6) is -0.0274. The van der Waals surface area contributed by atoms with Gasteiger partial charge in [0.1, 0.15) is 6.10 Å². The molecule has 1 aliphatic rings. The van der Waals surface area contributed by atoms with Gasteiger partial charge in [-0.15, -0.1) is 11.8 Å². The molecule has 0 aliphatic carbocycles. The van der Waals surface area contributed by atoms with Crippen LogP contribution in [0.25, 0.3) is 0 Å². The molecule has 0 saturated carbocycles. The number of thioether (sulfide) groups is 1. The molecular weight excluding hydrogens is 340 g/mol. The van der Waals surface area contributed by atoms with Crippen molar-refractivity contribution >= 4 is 33.6 Å². The number of ether oxygens (including phenoxy) is 1. The molecule has 1 heterocycles. The number of carbonyl (C=O) groups is 1. The smallest absolute Gasteiger partial charge is 0.250 e. The number of hydrogen-bond acceptors (Lipinski definition) is 4. The highest BCUT2D eigenvalue weighted by Crippen LogP contribution is 2.24. The molecule has 2 unspecified atom stereocenters. The topological polar surface area (TPSA) is 50.4 Å². The van der Waals surface area contributed by atoms with Gasteiger partial charge >= 0.3 is 0 Å². The van der Waals surface area contributed by atoms with Crippen LogP contribution in [0.5, 0.6) is 0 Å². The maximum absolute atomic E-state index is 11.9. The Balaban J connectivity index is 1.72. The van der Waals surface area contributed by atoms with Crippen LogP contribution in [-0.2, 0) is 9.53 Å². The number of hydrogen-bond donors (Lipinski definition) is 2. The van der Waals surface area contributed by atoms with Crippen LogP contribution in [0, 0.1) is 0 Å². The predicted octanol–water partition coefficient (Wildman–Crippen LogP) is 2.03. The van der Waals surface area contributed by atoms with Crippen molar-refractivity contribution in [3.63, 3.8) is 0 Å². The molecule has 0 spiro atoms. The summed E-state index contributed by atoms with van der Waals surface area (Å²) < 4.78 is 6.49. The summed E-state index contributed by atoms with van der Waals surface area (Å²) in [6, 6.07) is 8.19. The molecule has 0 aromatic heterocycles. The van der Waals surface area contributed by atoms with Gasteiger partial charge < -0.3 is 15.4 Å². The van der Waals surface area contributed by atoms with E-state index in [0.29, 0.717) is 24.9 Å². The second-order valence-corrected chi connectivity index (χ2v) is 7.12. The number of nitrogens with one attached hydrogen (secondary N) is 2.